The lowest BCUT2D eigenvalue weighted by Gasteiger charge is -2.01. The molecule has 4 heteroatoms. The summed E-state index contributed by atoms with van der Waals surface area (Å²) in [7, 11) is 0. The van der Waals surface area contributed by atoms with Crippen LogP contribution in [-0.2, 0) is 4.79 Å². The predicted molar refractivity (Wildman–Crippen MR) is 59.6 cm³/mol. The fourth-order valence-corrected chi connectivity index (χ4v) is 1.42. The van der Waals surface area contributed by atoms with Crippen molar-refractivity contribution in [3.05, 3.63) is 42.1 Å². The Hall–Kier alpha value is -2.10. The second-order valence-corrected chi connectivity index (χ2v) is 3.53. The summed E-state index contributed by atoms with van der Waals surface area (Å²) in [5.41, 5.74) is 2.10. The maximum atomic E-state index is 10.7. The van der Waals surface area contributed by atoms with Gasteiger partial charge in [-0.05, 0) is 24.6 Å². The largest absolute Gasteiger partial charge is 0.406 e. The molecule has 0 saturated heterocycles. The molecule has 2 rings (SSSR count). The first-order valence-corrected chi connectivity index (χ1v) is 4.96. The topological polar surface area (TPSA) is 44.1 Å². The molecule has 0 amide bonds. The maximum Gasteiger partial charge on any atom is 0.309 e. The van der Waals surface area contributed by atoms with Crippen molar-refractivity contribution in [2.45, 2.75) is 13.8 Å². The van der Waals surface area contributed by atoms with Crippen molar-refractivity contribution in [3.63, 3.8) is 0 Å². The van der Waals surface area contributed by atoms with Crippen LogP contribution < -0.4 is 4.74 Å². The molecule has 1 aromatic carbocycles. The SMILES string of the molecule is CC(=O)Oc1ccn(-c2cccc(C)c2)n1. The summed E-state index contributed by atoms with van der Waals surface area (Å²) in [6.07, 6.45) is 1.76. The van der Waals surface area contributed by atoms with Crippen LogP contribution in [0.3, 0.4) is 0 Å². The predicted octanol–water partition coefficient (Wildman–Crippen LogP) is 2.11. The molecule has 0 spiro atoms. The number of carbonyl (C=O) groups excluding carboxylic acids is 1. The Morgan fingerprint density at radius 1 is 1.38 bits per heavy atom. The molecule has 1 heterocycles. The Bertz CT molecular complexity index is 517. The summed E-state index contributed by atoms with van der Waals surface area (Å²) in [5.74, 6) is -0.0523. The van der Waals surface area contributed by atoms with E-state index in [4.69, 9.17) is 4.74 Å². The quantitative estimate of drug-likeness (QED) is 0.722. The van der Waals surface area contributed by atoms with Crippen LogP contribution in [0.2, 0.25) is 0 Å². The zero-order chi connectivity index (χ0) is 11.5. The van der Waals surface area contributed by atoms with Crippen LogP contribution in [0.15, 0.2) is 36.5 Å². The number of carbonyl (C=O) groups is 1. The molecular formula is C12H12N2O2. The number of benzene rings is 1. The van der Waals surface area contributed by atoms with Gasteiger partial charge in [-0.25, -0.2) is 4.68 Å². The first kappa shape index (κ1) is 10.4. The first-order valence-electron chi connectivity index (χ1n) is 4.96. The van der Waals surface area contributed by atoms with E-state index < -0.39 is 0 Å². The van der Waals surface area contributed by atoms with Crippen LogP contribution in [0.5, 0.6) is 5.88 Å². The first-order chi connectivity index (χ1) is 7.65. The molecule has 16 heavy (non-hydrogen) atoms. The Labute approximate surface area is 93.5 Å². The van der Waals surface area contributed by atoms with Crippen LogP contribution in [-0.4, -0.2) is 15.7 Å². The average molecular weight is 216 g/mol. The third kappa shape index (κ3) is 2.28. The van der Waals surface area contributed by atoms with Crippen molar-refractivity contribution >= 4 is 5.97 Å². The second kappa shape index (κ2) is 4.18. The van der Waals surface area contributed by atoms with Crippen molar-refractivity contribution in [3.8, 4) is 11.6 Å². The lowest BCUT2D eigenvalue weighted by molar-refractivity contribution is -0.132. The van der Waals surface area contributed by atoms with E-state index in [1.807, 2.05) is 31.2 Å². The van der Waals surface area contributed by atoms with E-state index in [9.17, 15) is 4.79 Å². The summed E-state index contributed by atoms with van der Waals surface area (Å²) in [6.45, 7) is 3.37. The van der Waals surface area contributed by atoms with Gasteiger partial charge in [0.15, 0.2) is 0 Å². The van der Waals surface area contributed by atoms with Gasteiger partial charge < -0.3 is 4.74 Å². The van der Waals surface area contributed by atoms with E-state index in [0.29, 0.717) is 5.88 Å². The van der Waals surface area contributed by atoms with Crippen LogP contribution in [0.1, 0.15) is 12.5 Å². The van der Waals surface area contributed by atoms with E-state index in [0.717, 1.165) is 11.3 Å². The summed E-state index contributed by atoms with van der Waals surface area (Å²) < 4.78 is 6.55. The van der Waals surface area contributed by atoms with Gasteiger partial charge in [0.05, 0.1) is 5.69 Å². The number of rotatable bonds is 2. The molecule has 82 valence electrons. The summed E-state index contributed by atoms with van der Waals surface area (Å²) in [6, 6.07) is 9.57. The lowest BCUT2D eigenvalue weighted by atomic mass is 10.2. The zero-order valence-corrected chi connectivity index (χ0v) is 9.18. The highest BCUT2D eigenvalue weighted by Crippen LogP contribution is 2.13. The molecule has 0 radical (unpaired) electrons. The standard InChI is InChI=1S/C12H12N2O2/c1-9-4-3-5-11(8-9)14-7-6-12(13-14)16-10(2)15/h3-8H,1-2H3. The molecule has 0 atom stereocenters. The monoisotopic (exact) mass is 216 g/mol. The van der Waals surface area contributed by atoms with Crippen molar-refractivity contribution < 1.29 is 9.53 Å². The smallest absolute Gasteiger partial charge is 0.309 e. The Morgan fingerprint density at radius 3 is 2.88 bits per heavy atom. The van der Waals surface area contributed by atoms with Crippen molar-refractivity contribution in [2.24, 2.45) is 0 Å². The molecule has 0 aliphatic rings. The molecule has 0 aliphatic heterocycles. The van der Waals surface area contributed by atoms with Crippen molar-refractivity contribution in [1.29, 1.82) is 0 Å². The van der Waals surface area contributed by atoms with Gasteiger partial charge >= 0.3 is 5.97 Å². The Kier molecular flexibility index (Phi) is 2.72. The molecule has 0 aliphatic carbocycles. The highest BCUT2D eigenvalue weighted by atomic mass is 16.5. The third-order valence-electron chi connectivity index (χ3n) is 2.08. The lowest BCUT2D eigenvalue weighted by Crippen LogP contribution is -2.03. The minimum atomic E-state index is -0.366. The highest BCUT2D eigenvalue weighted by Gasteiger charge is 2.03. The summed E-state index contributed by atoms with van der Waals surface area (Å²) in [5, 5.41) is 4.14. The van der Waals surface area contributed by atoms with E-state index in [1.165, 1.54) is 6.92 Å². The Balaban J connectivity index is 2.28. The van der Waals surface area contributed by atoms with E-state index in [2.05, 4.69) is 5.10 Å². The molecule has 4 nitrogen and oxygen atoms in total. The number of aryl methyl sites for hydroxylation is 1. The van der Waals surface area contributed by atoms with Gasteiger partial charge in [-0.2, -0.15) is 0 Å². The van der Waals surface area contributed by atoms with Gasteiger partial charge in [0.2, 0.25) is 5.88 Å². The minimum Gasteiger partial charge on any atom is -0.406 e. The second-order valence-electron chi connectivity index (χ2n) is 3.53. The number of nitrogens with zero attached hydrogens (tertiary/aromatic N) is 2. The maximum absolute atomic E-state index is 10.7. The van der Waals surface area contributed by atoms with E-state index in [1.54, 1.807) is 16.9 Å². The average Bonchev–Trinajstić information content (AvgIpc) is 2.65. The normalized spacial score (nSPS) is 10.1. The third-order valence-corrected chi connectivity index (χ3v) is 2.08. The van der Waals surface area contributed by atoms with Crippen molar-refractivity contribution in [1.82, 2.24) is 9.78 Å². The number of esters is 1. The van der Waals surface area contributed by atoms with Gasteiger partial charge in [0, 0.05) is 19.2 Å². The molecular weight excluding hydrogens is 204 g/mol. The zero-order valence-electron chi connectivity index (χ0n) is 9.18. The van der Waals surface area contributed by atoms with Crippen LogP contribution >= 0.6 is 0 Å². The molecule has 0 bridgehead atoms. The number of ether oxygens (including phenoxy) is 1. The van der Waals surface area contributed by atoms with Gasteiger partial charge in [-0.3, -0.25) is 4.79 Å². The molecule has 0 saturated carbocycles. The number of aromatic nitrogens is 2. The van der Waals surface area contributed by atoms with Gasteiger partial charge in [0.1, 0.15) is 0 Å². The van der Waals surface area contributed by atoms with Crippen LogP contribution in [0.4, 0.5) is 0 Å². The molecule has 1 aromatic heterocycles. The fraction of sp³-hybridized carbons (Fsp3) is 0.167. The Morgan fingerprint density at radius 2 is 2.19 bits per heavy atom. The molecule has 0 fully saturated rings. The molecule has 2 aromatic rings. The van der Waals surface area contributed by atoms with Crippen LogP contribution in [0.25, 0.3) is 5.69 Å². The fourth-order valence-electron chi connectivity index (χ4n) is 1.42. The van der Waals surface area contributed by atoms with Gasteiger partial charge in [0.25, 0.3) is 0 Å². The highest BCUT2D eigenvalue weighted by molar-refractivity contribution is 5.68. The van der Waals surface area contributed by atoms with E-state index in [-0.39, 0.29) is 5.97 Å². The van der Waals surface area contributed by atoms with Gasteiger partial charge in [-0.1, -0.05) is 12.1 Å². The molecule has 0 N–H and O–H groups in total. The molecule has 0 unspecified atom stereocenters. The minimum absolute atomic E-state index is 0.314. The van der Waals surface area contributed by atoms with E-state index >= 15 is 0 Å². The van der Waals surface area contributed by atoms with Crippen LogP contribution in [0, 0.1) is 6.92 Å². The number of hydrogen-bond donors (Lipinski definition) is 0. The summed E-state index contributed by atoms with van der Waals surface area (Å²) in [4.78, 5) is 10.7. The van der Waals surface area contributed by atoms with Crippen molar-refractivity contribution in [2.75, 3.05) is 0 Å². The number of hydrogen-bond acceptors (Lipinski definition) is 3. The summed E-state index contributed by atoms with van der Waals surface area (Å²) >= 11 is 0. The van der Waals surface area contributed by atoms with Gasteiger partial charge in [-0.15, -0.1) is 5.10 Å².